The minimum absolute atomic E-state index is 0.363. The van der Waals surface area contributed by atoms with Gasteiger partial charge < -0.3 is 4.74 Å². The maximum Gasteiger partial charge on any atom is 0.150 e. The highest BCUT2D eigenvalue weighted by Gasteiger charge is 2.10. The van der Waals surface area contributed by atoms with Crippen molar-refractivity contribution < 1.29 is 13.9 Å². The van der Waals surface area contributed by atoms with Gasteiger partial charge in [0.2, 0.25) is 0 Å². The van der Waals surface area contributed by atoms with E-state index in [9.17, 15) is 9.18 Å². The molecule has 19 heavy (non-hydrogen) atoms. The molecule has 0 radical (unpaired) electrons. The molecule has 2 aromatic carbocycles. The molecule has 0 aromatic heterocycles. The fourth-order valence-corrected chi connectivity index (χ4v) is 1.87. The summed E-state index contributed by atoms with van der Waals surface area (Å²) < 4.78 is 19.4. The Labute approximate surface area is 111 Å². The van der Waals surface area contributed by atoms with Gasteiger partial charge in [0.15, 0.2) is 6.29 Å². The number of rotatable bonds is 5. The molecule has 3 heteroatoms. The molecule has 0 saturated heterocycles. The zero-order valence-electron chi connectivity index (χ0n) is 10.7. The average molecular weight is 258 g/mol. The van der Waals surface area contributed by atoms with Crippen LogP contribution in [0.25, 0.3) is 11.1 Å². The topological polar surface area (TPSA) is 26.3 Å². The monoisotopic (exact) mass is 258 g/mol. The second kappa shape index (κ2) is 6.14. The smallest absolute Gasteiger partial charge is 0.150 e. The number of benzene rings is 2. The highest BCUT2D eigenvalue weighted by atomic mass is 19.1. The van der Waals surface area contributed by atoms with Crippen molar-refractivity contribution in [2.45, 2.75) is 13.3 Å². The zero-order chi connectivity index (χ0) is 13.7. The fourth-order valence-electron chi connectivity index (χ4n) is 1.87. The summed E-state index contributed by atoms with van der Waals surface area (Å²) in [5.74, 6) is 0.247. The first-order chi connectivity index (χ1) is 9.26. The number of halogens is 1. The van der Waals surface area contributed by atoms with Crippen LogP contribution in [0.15, 0.2) is 42.5 Å². The summed E-state index contributed by atoms with van der Waals surface area (Å²) in [7, 11) is 0. The lowest BCUT2D eigenvalue weighted by Gasteiger charge is -2.10. The van der Waals surface area contributed by atoms with E-state index in [4.69, 9.17) is 4.74 Å². The molecule has 0 aliphatic heterocycles. The standard InChI is InChI=1S/C16H15FO2/c1-2-9-19-13-7-8-16(17)15(10-13)14-6-4-3-5-12(14)11-18/h3-8,10-11H,2,9H2,1H3. The first-order valence-corrected chi connectivity index (χ1v) is 6.23. The van der Waals surface area contributed by atoms with E-state index in [2.05, 4.69) is 0 Å². The van der Waals surface area contributed by atoms with Crippen molar-refractivity contribution >= 4 is 6.29 Å². The number of hydrogen-bond donors (Lipinski definition) is 0. The van der Waals surface area contributed by atoms with Crippen molar-refractivity contribution in [1.82, 2.24) is 0 Å². The normalized spacial score (nSPS) is 10.2. The zero-order valence-corrected chi connectivity index (χ0v) is 10.7. The van der Waals surface area contributed by atoms with Crippen molar-refractivity contribution in [3.8, 4) is 16.9 Å². The lowest BCUT2D eigenvalue weighted by molar-refractivity contribution is 0.112. The predicted molar refractivity (Wildman–Crippen MR) is 73.0 cm³/mol. The van der Waals surface area contributed by atoms with Crippen LogP contribution >= 0.6 is 0 Å². The number of ether oxygens (including phenoxy) is 1. The summed E-state index contributed by atoms with van der Waals surface area (Å²) in [6.07, 6.45) is 1.62. The highest BCUT2D eigenvalue weighted by molar-refractivity contribution is 5.87. The molecule has 0 unspecified atom stereocenters. The number of carbonyl (C=O) groups excluding carboxylic acids is 1. The summed E-state index contributed by atoms with van der Waals surface area (Å²) >= 11 is 0. The van der Waals surface area contributed by atoms with Crippen LogP contribution in [-0.4, -0.2) is 12.9 Å². The minimum atomic E-state index is -0.363. The molecule has 0 bridgehead atoms. The second-order valence-corrected chi connectivity index (χ2v) is 4.20. The maximum atomic E-state index is 13.9. The quantitative estimate of drug-likeness (QED) is 0.755. The minimum Gasteiger partial charge on any atom is -0.494 e. The maximum absolute atomic E-state index is 13.9. The molecule has 2 aromatic rings. The van der Waals surface area contributed by atoms with Gasteiger partial charge in [-0.25, -0.2) is 4.39 Å². The number of hydrogen-bond acceptors (Lipinski definition) is 2. The van der Waals surface area contributed by atoms with Crippen molar-refractivity contribution in [1.29, 1.82) is 0 Å². The van der Waals surface area contributed by atoms with Gasteiger partial charge in [0.25, 0.3) is 0 Å². The van der Waals surface area contributed by atoms with Crippen LogP contribution in [0, 0.1) is 5.82 Å². The van der Waals surface area contributed by atoms with Crippen LogP contribution in [-0.2, 0) is 0 Å². The molecule has 0 saturated carbocycles. The van der Waals surface area contributed by atoms with Crippen LogP contribution in [0.5, 0.6) is 5.75 Å². The van der Waals surface area contributed by atoms with Crippen molar-refractivity contribution in [3.63, 3.8) is 0 Å². The number of carbonyl (C=O) groups is 1. The van der Waals surface area contributed by atoms with Crippen LogP contribution in [0.2, 0.25) is 0 Å². The first kappa shape index (κ1) is 13.3. The Morgan fingerprint density at radius 2 is 1.95 bits per heavy atom. The third kappa shape index (κ3) is 2.99. The lowest BCUT2D eigenvalue weighted by atomic mass is 10.00. The second-order valence-electron chi connectivity index (χ2n) is 4.20. The molecule has 2 rings (SSSR count). The molecular formula is C16H15FO2. The number of aldehydes is 1. The molecule has 2 nitrogen and oxygen atoms in total. The van der Waals surface area contributed by atoms with Crippen molar-refractivity contribution in [2.24, 2.45) is 0 Å². The third-order valence-electron chi connectivity index (χ3n) is 2.79. The van der Waals surface area contributed by atoms with E-state index in [1.807, 2.05) is 6.92 Å². The van der Waals surface area contributed by atoms with Crippen LogP contribution in [0.4, 0.5) is 4.39 Å². The molecular weight excluding hydrogens is 243 g/mol. The van der Waals surface area contributed by atoms with Crippen LogP contribution < -0.4 is 4.74 Å². The molecule has 0 aliphatic rings. The van der Waals surface area contributed by atoms with Gasteiger partial charge in [-0.1, -0.05) is 31.2 Å². The first-order valence-electron chi connectivity index (χ1n) is 6.23. The largest absolute Gasteiger partial charge is 0.494 e. The van der Waals surface area contributed by atoms with Gasteiger partial charge in [0.05, 0.1) is 6.61 Å². The van der Waals surface area contributed by atoms with E-state index in [0.717, 1.165) is 12.7 Å². The Hall–Kier alpha value is -2.16. The van der Waals surface area contributed by atoms with Crippen molar-refractivity contribution in [2.75, 3.05) is 6.61 Å². The predicted octanol–water partition coefficient (Wildman–Crippen LogP) is 4.09. The molecule has 0 heterocycles. The lowest BCUT2D eigenvalue weighted by Crippen LogP contribution is -1.97. The van der Waals surface area contributed by atoms with Crippen molar-refractivity contribution in [3.05, 3.63) is 53.8 Å². The molecule has 98 valence electrons. The summed E-state index contributed by atoms with van der Waals surface area (Å²) in [5.41, 5.74) is 1.43. The Kier molecular flexibility index (Phi) is 4.29. The van der Waals surface area contributed by atoms with E-state index in [1.54, 1.807) is 36.4 Å². The summed E-state index contributed by atoms with van der Waals surface area (Å²) in [4.78, 5) is 11.0. The van der Waals surface area contributed by atoms with Gasteiger partial charge in [0.1, 0.15) is 11.6 Å². The van der Waals surface area contributed by atoms with Gasteiger partial charge in [-0.05, 0) is 30.2 Å². The van der Waals surface area contributed by atoms with Gasteiger partial charge in [-0.3, -0.25) is 4.79 Å². The SMILES string of the molecule is CCCOc1ccc(F)c(-c2ccccc2C=O)c1. The molecule has 0 atom stereocenters. The molecule has 0 amide bonds. The van der Waals surface area contributed by atoms with E-state index in [-0.39, 0.29) is 5.82 Å². The summed E-state index contributed by atoms with van der Waals surface area (Å²) in [6.45, 7) is 2.59. The van der Waals surface area contributed by atoms with E-state index >= 15 is 0 Å². The Bertz CT molecular complexity index is 579. The fraction of sp³-hybridized carbons (Fsp3) is 0.188. The Morgan fingerprint density at radius 1 is 1.16 bits per heavy atom. The molecule has 0 aliphatic carbocycles. The Morgan fingerprint density at radius 3 is 2.68 bits per heavy atom. The van der Waals surface area contributed by atoms with E-state index < -0.39 is 0 Å². The highest BCUT2D eigenvalue weighted by Crippen LogP contribution is 2.29. The average Bonchev–Trinajstić information content (AvgIpc) is 2.46. The molecule has 0 spiro atoms. The van der Waals surface area contributed by atoms with E-state index in [1.165, 1.54) is 6.07 Å². The molecule has 0 fully saturated rings. The van der Waals surface area contributed by atoms with E-state index in [0.29, 0.717) is 29.0 Å². The van der Waals surface area contributed by atoms with Crippen LogP contribution in [0.1, 0.15) is 23.7 Å². The van der Waals surface area contributed by atoms with Gasteiger partial charge in [0, 0.05) is 11.1 Å². The van der Waals surface area contributed by atoms with Gasteiger partial charge in [-0.2, -0.15) is 0 Å². The van der Waals surface area contributed by atoms with Crippen LogP contribution in [0.3, 0.4) is 0 Å². The Balaban J connectivity index is 2.45. The van der Waals surface area contributed by atoms with Gasteiger partial charge >= 0.3 is 0 Å². The molecule has 0 N–H and O–H groups in total. The van der Waals surface area contributed by atoms with Gasteiger partial charge in [-0.15, -0.1) is 0 Å². The summed E-state index contributed by atoms with van der Waals surface area (Å²) in [5, 5.41) is 0. The third-order valence-corrected chi connectivity index (χ3v) is 2.79. The summed E-state index contributed by atoms with van der Waals surface area (Å²) in [6, 6.07) is 11.5.